The number of para-hydroxylation sites is 1. The lowest BCUT2D eigenvalue weighted by Crippen LogP contribution is -2.29. The van der Waals surface area contributed by atoms with E-state index in [1.165, 1.54) is 28.8 Å². The number of hydrogen-bond donors (Lipinski definition) is 0. The molecule has 22 heavy (non-hydrogen) atoms. The Morgan fingerprint density at radius 2 is 1.50 bits per heavy atom. The molecule has 0 atom stereocenters. The fourth-order valence-corrected chi connectivity index (χ4v) is 3.32. The van der Waals surface area contributed by atoms with E-state index in [2.05, 4.69) is 72.4 Å². The second-order valence-corrected chi connectivity index (χ2v) is 6.48. The van der Waals surface area contributed by atoms with Gasteiger partial charge in [0, 0.05) is 18.8 Å². The summed E-state index contributed by atoms with van der Waals surface area (Å²) in [5.41, 5.74) is 5.91. The second kappa shape index (κ2) is 6.97. The normalized spacial score (nSPS) is 14.2. The van der Waals surface area contributed by atoms with E-state index < -0.39 is 0 Å². The van der Waals surface area contributed by atoms with Crippen LogP contribution in [0.3, 0.4) is 0 Å². The molecular formula is C20H26N2. The lowest BCUT2D eigenvalue weighted by Gasteiger charge is -2.30. The zero-order valence-corrected chi connectivity index (χ0v) is 13.8. The van der Waals surface area contributed by atoms with Crippen molar-refractivity contribution in [1.82, 2.24) is 4.90 Å². The fraction of sp³-hybridized carbons (Fsp3) is 0.400. The highest BCUT2D eigenvalue weighted by Gasteiger charge is 2.16. The molecule has 0 N–H and O–H groups in total. The van der Waals surface area contributed by atoms with E-state index in [-0.39, 0.29) is 0 Å². The van der Waals surface area contributed by atoms with Crippen LogP contribution in [0.15, 0.2) is 48.5 Å². The van der Waals surface area contributed by atoms with E-state index in [0.717, 1.165) is 32.5 Å². The molecule has 0 unspecified atom stereocenters. The van der Waals surface area contributed by atoms with Crippen molar-refractivity contribution in [3.05, 3.63) is 65.2 Å². The summed E-state index contributed by atoms with van der Waals surface area (Å²) in [5.74, 6) is 0. The summed E-state index contributed by atoms with van der Waals surface area (Å²) in [7, 11) is 4.30. The minimum atomic E-state index is 1.03. The van der Waals surface area contributed by atoms with Crippen molar-refractivity contribution in [2.45, 2.75) is 25.8 Å². The molecule has 0 saturated carbocycles. The third-order valence-corrected chi connectivity index (χ3v) is 4.51. The number of anilines is 1. The van der Waals surface area contributed by atoms with E-state index in [1.54, 1.807) is 0 Å². The molecule has 0 radical (unpaired) electrons. The van der Waals surface area contributed by atoms with Crippen molar-refractivity contribution in [1.29, 1.82) is 0 Å². The van der Waals surface area contributed by atoms with Crippen LogP contribution < -0.4 is 4.90 Å². The van der Waals surface area contributed by atoms with Crippen LogP contribution in [-0.2, 0) is 19.4 Å². The zero-order chi connectivity index (χ0) is 15.4. The molecule has 1 aliphatic rings. The third kappa shape index (κ3) is 3.50. The van der Waals surface area contributed by atoms with Gasteiger partial charge in [0.1, 0.15) is 0 Å². The largest absolute Gasteiger partial charge is 0.367 e. The van der Waals surface area contributed by atoms with Gasteiger partial charge in [-0.15, -0.1) is 0 Å². The van der Waals surface area contributed by atoms with Crippen LogP contribution in [-0.4, -0.2) is 32.1 Å². The predicted octanol–water partition coefficient (Wildman–Crippen LogP) is 3.74. The molecule has 1 aliphatic heterocycles. The summed E-state index contributed by atoms with van der Waals surface area (Å²) in [6.07, 6.45) is 3.49. The van der Waals surface area contributed by atoms with Gasteiger partial charge in [-0.3, -0.25) is 0 Å². The van der Waals surface area contributed by atoms with Gasteiger partial charge in [0.05, 0.1) is 0 Å². The average Bonchev–Trinajstić information content (AvgIpc) is 2.51. The van der Waals surface area contributed by atoms with E-state index in [4.69, 9.17) is 0 Å². The third-order valence-electron chi connectivity index (χ3n) is 4.51. The predicted molar refractivity (Wildman–Crippen MR) is 94.5 cm³/mol. The van der Waals surface area contributed by atoms with Crippen LogP contribution in [0.2, 0.25) is 0 Å². The van der Waals surface area contributed by atoms with Gasteiger partial charge >= 0.3 is 0 Å². The molecule has 0 amide bonds. The minimum absolute atomic E-state index is 1.03. The molecule has 116 valence electrons. The summed E-state index contributed by atoms with van der Waals surface area (Å²) in [6, 6.07) is 17.9. The molecule has 2 heteroatoms. The second-order valence-electron chi connectivity index (χ2n) is 6.48. The Balaban J connectivity index is 1.86. The van der Waals surface area contributed by atoms with Crippen LogP contribution in [0.5, 0.6) is 0 Å². The van der Waals surface area contributed by atoms with E-state index >= 15 is 0 Å². The number of rotatable bonds is 4. The quantitative estimate of drug-likeness (QED) is 0.847. The molecule has 0 fully saturated rings. The van der Waals surface area contributed by atoms with E-state index in [9.17, 15) is 0 Å². The van der Waals surface area contributed by atoms with Gasteiger partial charge in [0.2, 0.25) is 0 Å². The Kier molecular flexibility index (Phi) is 4.79. The first-order valence-electron chi connectivity index (χ1n) is 8.28. The first-order chi connectivity index (χ1) is 10.7. The molecule has 0 aromatic heterocycles. The SMILES string of the molecule is CN(C)CCCN1Cc2ccccc2CCc2ccccc21. The molecule has 2 aromatic rings. The minimum Gasteiger partial charge on any atom is -0.367 e. The van der Waals surface area contributed by atoms with Crippen LogP contribution in [0, 0.1) is 0 Å². The van der Waals surface area contributed by atoms with Crippen LogP contribution >= 0.6 is 0 Å². The highest BCUT2D eigenvalue weighted by Crippen LogP contribution is 2.28. The standard InChI is InChI=1S/C20H26N2/c1-21(2)14-7-15-22-16-19-10-4-3-8-17(19)12-13-18-9-5-6-11-20(18)22/h3-6,8-11H,7,12-16H2,1-2H3. The molecule has 2 nitrogen and oxygen atoms in total. The number of aryl methyl sites for hydroxylation is 2. The molecule has 0 aliphatic carbocycles. The maximum absolute atomic E-state index is 2.57. The van der Waals surface area contributed by atoms with E-state index in [1.807, 2.05) is 0 Å². The Morgan fingerprint density at radius 1 is 0.864 bits per heavy atom. The maximum Gasteiger partial charge on any atom is 0.0432 e. The molecule has 0 saturated heterocycles. The topological polar surface area (TPSA) is 6.48 Å². The highest BCUT2D eigenvalue weighted by atomic mass is 15.1. The highest BCUT2D eigenvalue weighted by molar-refractivity contribution is 5.55. The molecule has 3 rings (SSSR count). The summed E-state index contributed by atoms with van der Waals surface area (Å²) in [4.78, 5) is 4.83. The first kappa shape index (κ1) is 15.1. The number of nitrogens with zero attached hydrogens (tertiary/aromatic N) is 2. The van der Waals surface area contributed by atoms with Gasteiger partial charge in [-0.05, 0) is 62.7 Å². The van der Waals surface area contributed by atoms with Crippen molar-refractivity contribution in [3.63, 3.8) is 0 Å². The van der Waals surface area contributed by atoms with Gasteiger partial charge in [0.25, 0.3) is 0 Å². The Morgan fingerprint density at radius 3 is 2.27 bits per heavy atom. The Bertz CT molecular complexity index is 619. The van der Waals surface area contributed by atoms with Gasteiger partial charge in [-0.25, -0.2) is 0 Å². The van der Waals surface area contributed by atoms with Gasteiger partial charge < -0.3 is 9.80 Å². The van der Waals surface area contributed by atoms with Crippen molar-refractivity contribution in [2.24, 2.45) is 0 Å². The van der Waals surface area contributed by atoms with Crippen molar-refractivity contribution >= 4 is 5.69 Å². The van der Waals surface area contributed by atoms with E-state index in [0.29, 0.717) is 0 Å². The summed E-state index contributed by atoms with van der Waals surface area (Å²) >= 11 is 0. The zero-order valence-electron chi connectivity index (χ0n) is 13.8. The maximum atomic E-state index is 2.57. The van der Waals surface area contributed by atoms with Gasteiger partial charge in [-0.1, -0.05) is 42.5 Å². The van der Waals surface area contributed by atoms with Crippen LogP contribution in [0.25, 0.3) is 0 Å². The average molecular weight is 294 g/mol. The number of benzene rings is 2. The molecule has 0 bridgehead atoms. The molecular weight excluding hydrogens is 268 g/mol. The molecule has 0 spiro atoms. The Labute approximate surface area is 134 Å². The first-order valence-corrected chi connectivity index (χ1v) is 8.28. The van der Waals surface area contributed by atoms with Gasteiger partial charge in [0.15, 0.2) is 0 Å². The van der Waals surface area contributed by atoms with Gasteiger partial charge in [-0.2, -0.15) is 0 Å². The smallest absolute Gasteiger partial charge is 0.0432 e. The summed E-state index contributed by atoms with van der Waals surface area (Å²) < 4.78 is 0. The summed E-state index contributed by atoms with van der Waals surface area (Å²) in [5, 5.41) is 0. The molecule has 1 heterocycles. The van der Waals surface area contributed by atoms with Crippen molar-refractivity contribution in [3.8, 4) is 0 Å². The van der Waals surface area contributed by atoms with Crippen molar-refractivity contribution in [2.75, 3.05) is 32.1 Å². The van der Waals surface area contributed by atoms with Crippen LogP contribution in [0.1, 0.15) is 23.1 Å². The number of fused-ring (bicyclic) bond motifs is 2. The van der Waals surface area contributed by atoms with Crippen molar-refractivity contribution < 1.29 is 0 Å². The van der Waals surface area contributed by atoms with Crippen LogP contribution in [0.4, 0.5) is 5.69 Å². The summed E-state index contributed by atoms with van der Waals surface area (Å²) in [6.45, 7) is 3.28. The lowest BCUT2D eigenvalue weighted by molar-refractivity contribution is 0.400. The number of hydrogen-bond acceptors (Lipinski definition) is 2. The Hall–Kier alpha value is -1.80. The fourth-order valence-electron chi connectivity index (χ4n) is 3.32. The molecule has 2 aromatic carbocycles. The monoisotopic (exact) mass is 294 g/mol. The lowest BCUT2D eigenvalue weighted by atomic mass is 9.95.